The molecule has 0 aliphatic carbocycles. The lowest BCUT2D eigenvalue weighted by Gasteiger charge is -2.36. The number of ether oxygens (including phenoxy) is 2. The standard InChI is InChI=1S/C39H59N3O6S/c1-11-12-13-17-23-42(35(44)31(22-24-49-10)41-37(46)48-39(7,8)9)33(30-25-27(2)20-21-28(30)3)34(43)40-32(36(45)47-38(4,5)6)26-29-18-15-14-16-19-29/h14-16,18-21,25,31-33H,11-13,17,22-24,26H2,1-10H3,(H,40,43)(H,41,46). The predicted molar refractivity (Wildman–Crippen MR) is 199 cm³/mol. The molecule has 0 saturated carbocycles. The molecule has 0 bridgehead atoms. The number of benzene rings is 2. The van der Waals surface area contributed by atoms with Crippen molar-refractivity contribution < 1.29 is 28.7 Å². The highest BCUT2D eigenvalue weighted by Crippen LogP contribution is 2.28. The summed E-state index contributed by atoms with van der Waals surface area (Å²) in [5.41, 5.74) is 1.74. The molecule has 9 nitrogen and oxygen atoms in total. The highest BCUT2D eigenvalue weighted by atomic mass is 32.2. The zero-order valence-electron chi connectivity index (χ0n) is 31.3. The van der Waals surface area contributed by atoms with Crippen molar-refractivity contribution in [2.45, 2.75) is 130 Å². The van der Waals surface area contributed by atoms with Crippen LogP contribution in [0, 0.1) is 13.8 Å². The highest BCUT2D eigenvalue weighted by Gasteiger charge is 2.38. The number of aryl methyl sites for hydroxylation is 2. The Morgan fingerprint density at radius 3 is 2.08 bits per heavy atom. The monoisotopic (exact) mass is 697 g/mol. The maximum absolute atomic E-state index is 14.7. The number of hydrogen-bond acceptors (Lipinski definition) is 7. The summed E-state index contributed by atoms with van der Waals surface area (Å²) in [5.74, 6) is -0.831. The maximum Gasteiger partial charge on any atom is 0.408 e. The smallest absolute Gasteiger partial charge is 0.408 e. The zero-order valence-corrected chi connectivity index (χ0v) is 32.1. The first-order chi connectivity index (χ1) is 23.0. The average Bonchev–Trinajstić information content (AvgIpc) is 3.00. The van der Waals surface area contributed by atoms with E-state index in [2.05, 4.69) is 17.6 Å². The van der Waals surface area contributed by atoms with Gasteiger partial charge in [-0.1, -0.05) is 80.3 Å². The number of carbonyl (C=O) groups is 4. The lowest BCUT2D eigenvalue weighted by molar-refractivity contribution is -0.159. The third-order valence-electron chi connectivity index (χ3n) is 7.72. The maximum atomic E-state index is 14.7. The summed E-state index contributed by atoms with van der Waals surface area (Å²) >= 11 is 1.56. The summed E-state index contributed by atoms with van der Waals surface area (Å²) < 4.78 is 11.3. The van der Waals surface area contributed by atoms with Crippen LogP contribution in [0.15, 0.2) is 48.5 Å². The summed E-state index contributed by atoms with van der Waals surface area (Å²) in [5, 5.41) is 5.81. The molecule has 2 aromatic carbocycles. The number of unbranched alkanes of at least 4 members (excludes halogenated alkanes) is 3. The van der Waals surface area contributed by atoms with Crippen LogP contribution in [0.4, 0.5) is 4.79 Å². The minimum absolute atomic E-state index is 0.210. The third kappa shape index (κ3) is 14.9. The highest BCUT2D eigenvalue weighted by molar-refractivity contribution is 7.98. The van der Waals surface area contributed by atoms with Crippen molar-refractivity contribution in [3.63, 3.8) is 0 Å². The van der Waals surface area contributed by atoms with Crippen molar-refractivity contribution in [3.05, 3.63) is 70.8 Å². The van der Waals surface area contributed by atoms with E-state index < -0.39 is 47.3 Å². The van der Waals surface area contributed by atoms with Gasteiger partial charge in [-0.25, -0.2) is 9.59 Å². The third-order valence-corrected chi connectivity index (χ3v) is 8.36. The fourth-order valence-corrected chi connectivity index (χ4v) is 5.86. The van der Waals surface area contributed by atoms with Crippen LogP contribution in [0.3, 0.4) is 0 Å². The van der Waals surface area contributed by atoms with Crippen LogP contribution in [-0.4, -0.2) is 70.6 Å². The van der Waals surface area contributed by atoms with Crippen molar-refractivity contribution >= 4 is 35.6 Å². The van der Waals surface area contributed by atoms with E-state index in [1.807, 2.05) is 68.6 Å². The quantitative estimate of drug-likeness (QED) is 0.130. The second-order valence-corrected chi connectivity index (χ2v) is 15.6. The summed E-state index contributed by atoms with van der Waals surface area (Å²) in [4.78, 5) is 57.6. The number of esters is 1. The molecule has 2 N–H and O–H groups in total. The molecule has 0 saturated heterocycles. The van der Waals surface area contributed by atoms with Crippen molar-refractivity contribution in [2.24, 2.45) is 0 Å². The summed E-state index contributed by atoms with van der Waals surface area (Å²) in [6.45, 7) is 16.9. The Morgan fingerprint density at radius 1 is 0.837 bits per heavy atom. The topological polar surface area (TPSA) is 114 Å². The lowest BCUT2D eigenvalue weighted by atomic mass is 9.95. The van der Waals surface area contributed by atoms with Gasteiger partial charge >= 0.3 is 12.1 Å². The molecule has 10 heteroatoms. The fraction of sp³-hybridized carbons (Fsp3) is 0.590. The van der Waals surface area contributed by atoms with Gasteiger partial charge in [0.2, 0.25) is 11.8 Å². The Kier molecular flexibility index (Phi) is 16.7. The SMILES string of the molecule is CCCCCCN(C(=O)C(CCSC)NC(=O)OC(C)(C)C)C(C(=O)NC(Cc1ccccc1)C(=O)OC(C)(C)C)c1cc(C)ccc1C. The molecular weight excluding hydrogens is 639 g/mol. The second-order valence-electron chi connectivity index (χ2n) is 14.6. The fourth-order valence-electron chi connectivity index (χ4n) is 5.39. The first-order valence-electron chi connectivity index (χ1n) is 17.4. The largest absolute Gasteiger partial charge is 0.458 e. The van der Waals surface area contributed by atoms with Gasteiger partial charge in [0.15, 0.2) is 0 Å². The van der Waals surface area contributed by atoms with Gasteiger partial charge in [-0.15, -0.1) is 0 Å². The molecule has 3 amide bonds. The second kappa shape index (κ2) is 19.6. The molecule has 0 spiro atoms. The Morgan fingerprint density at radius 2 is 1.49 bits per heavy atom. The van der Waals surface area contributed by atoms with Gasteiger partial charge in [-0.2, -0.15) is 11.8 Å². The molecule has 3 atom stereocenters. The molecule has 3 unspecified atom stereocenters. The number of rotatable bonds is 17. The van der Waals surface area contributed by atoms with Gasteiger partial charge in [0, 0.05) is 13.0 Å². The minimum Gasteiger partial charge on any atom is -0.458 e. The van der Waals surface area contributed by atoms with E-state index in [9.17, 15) is 19.2 Å². The normalized spacial score (nSPS) is 13.5. The van der Waals surface area contributed by atoms with Gasteiger partial charge in [0.05, 0.1) is 0 Å². The summed E-state index contributed by atoms with van der Waals surface area (Å²) in [7, 11) is 0. The Balaban J connectivity index is 2.68. The molecule has 49 heavy (non-hydrogen) atoms. The molecular formula is C39H59N3O6S. The number of nitrogens with zero attached hydrogens (tertiary/aromatic N) is 1. The van der Waals surface area contributed by atoms with E-state index >= 15 is 0 Å². The molecule has 0 radical (unpaired) electrons. The van der Waals surface area contributed by atoms with E-state index in [1.54, 1.807) is 58.2 Å². The molecule has 0 fully saturated rings. The van der Waals surface area contributed by atoms with Gasteiger partial charge < -0.3 is 25.0 Å². The molecule has 0 aromatic heterocycles. The van der Waals surface area contributed by atoms with Crippen molar-refractivity contribution in [2.75, 3.05) is 18.6 Å². The number of thioether (sulfide) groups is 1. The van der Waals surface area contributed by atoms with Crippen molar-refractivity contribution in [1.29, 1.82) is 0 Å². The molecule has 0 heterocycles. The van der Waals surface area contributed by atoms with Crippen molar-refractivity contribution in [1.82, 2.24) is 15.5 Å². The van der Waals surface area contributed by atoms with Crippen molar-refractivity contribution in [3.8, 4) is 0 Å². The van der Waals surface area contributed by atoms with Gasteiger partial charge in [-0.05, 0) is 96.9 Å². The van der Waals surface area contributed by atoms with Gasteiger partial charge in [0.1, 0.15) is 29.3 Å². The molecule has 0 aliphatic heterocycles. The predicted octanol–water partition coefficient (Wildman–Crippen LogP) is 7.47. The van der Waals surface area contributed by atoms with Crippen LogP contribution in [0.25, 0.3) is 0 Å². The van der Waals surface area contributed by atoms with Crippen LogP contribution in [-0.2, 0) is 30.3 Å². The van der Waals surface area contributed by atoms with Crippen LogP contribution in [0.5, 0.6) is 0 Å². The van der Waals surface area contributed by atoms with Crippen LogP contribution >= 0.6 is 11.8 Å². The molecule has 272 valence electrons. The number of alkyl carbamates (subject to hydrolysis) is 1. The Hall–Kier alpha value is -3.53. The number of nitrogens with one attached hydrogen (secondary N) is 2. The first kappa shape index (κ1) is 41.6. The number of carbonyl (C=O) groups excluding carboxylic acids is 4. The van der Waals surface area contributed by atoms with E-state index in [4.69, 9.17) is 9.47 Å². The summed E-state index contributed by atoms with van der Waals surface area (Å²) in [6.07, 6.45) is 5.31. The van der Waals surface area contributed by atoms with E-state index in [0.29, 0.717) is 24.2 Å². The van der Waals surface area contributed by atoms with Crippen LogP contribution in [0.2, 0.25) is 0 Å². The number of amides is 3. The van der Waals surface area contributed by atoms with E-state index in [1.165, 1.54) is 0 Å². The first-order valence-corrected chi connectivity index (χ1v) is 18.8. The van der Waals surface area contributed by atoms with E-state index in [-0.39, 0.29) is 18.9 Å². The average molecular weight is 698 g/mol. The Labute approximate surface area is 298 Å². The zero-order chi connectivity index (χ0) is 36.8. The van der Waals surface area contributed by atoms with Gasteiger partial charge in [-0.3, -0.25) is 9.59 Å². The number of hydrogen-bond donors (Lipinski definition) is 2. The molecule has 0 aliphatic rings. The lowest BCUT2D eigenvalue weighted by Crippen LogP contribution is -2.55. The van der Waals surface area contributed by atoms with Crippen LogP contribution in [0.1, 0.15) is 109 Å². The minimum atomic E-state index is -1.08. The van der Waals surface area contributed by atoms with Crippen LogP contribution < -0.4 is 10.6 Å². The van der Waals surface area contributed by atoms with E-state index in [0.717, 1.165) is 36.0 Å². The van der Waals surface area contributed by atoms with Gasteiger partial charge in [0.25, 0.3) is 0 Å². The molecule has 2 aromatic rings. The summed E-state index contributed by atoms with van der Waals surface area (Å²) in [6, 6.07) is 12.2. The molecule has 2 rings (SSSR count). The Bertz CT molecular complexity index is 1370.